The molecule has 4 aromatic rings. The lowest BCUT2D eigenvalue weighted by molar-refractivity contribution is -0.659. The van der Waals surface area contributed by atoms with Crippen LogP contribution in [0.25, 0.3) is 33.2 Å². The van der Waals surface area contributed by atoms with Gasteiger partial charge in [-0.3, -0.25) is 0 Å². The highest BCUT2D eigenvalue weighted by Gasteiger charge is 2.20. The zero-order valence-corrected chi connectivity index (χ0v) is 17.5. The number of nitrogens with zero attached hydrogens (tertiary/aromatic N) is 1. The van der Waals surface area contributed by atoms with Gasteiger partial charge in [-0.1, -0.05) is 56.3 Å². The van der Waals surface area contributed by atoms with Crippen molar-refractivity contribution in [3.05, 3.63) is 89.9 Å². The van der Waals surface area contributed by atoms with Gasteiger partial charge in [0.2, 0.25) is 5.69 Å². The van der Waals surface area contributed by atoms with Crippen LogP contribution >= 0.6 is 0 Å². The Hall–Kier alpha value is -3.00. The van der Waals surface area contributed by atoms with E-state index in [1.54, 1.807) is 6.07 Å². The van der Waals surface area contributed by atoms with E-state index < -0.39 is 0 Å². The van der Waals surface area contributed by atoms with Gasteiger partial charge in [0, 0.05) is 11.6 Å². The summed E-state index contributed by atoms with van der Waals surface area (Å²) < 4.78 is 17.0. The second-order valence-corrected chi connectivity index (χ2v) is 7.94. The van der Waals surface area contributed by atoms with Crippen molar-refractivity contribution < 1.29 is 8.96 Å². The molecule has 0 saturated heterocycles. The maximum Gasteiger partial charge on any atom is 0.220 e. The first kappa shape index (κ1) is 19.3. The number of pyridine rings is 1. The zero-order chi connectivity index (χ0) is 20.5. The molecule has 0 aliphatic heterocycles. The van der Waals surface area contributed by atoms with E-state index in [0.29, 0.717) is 11.5 Å². The van der Waals surface area contributed by atoms with Gasteiger partial charge in [0.25, 0.3) is 0 Å². The summed E-state index contributed by atoms with van der Waals surface area (Å²) in [6.07, 6.45) is 3.22. The van der Waals surface area contributed by atoms with E-state index in [2.05, 4.69) is 55.9 Å². The van der Waals surface area contributed by atoms with Gasteiger partial charge in [0.15, 0.2) is 6.20 Å². The van der Waals surface area contributed by atoms with Crippen molar-refractivity contribution in [1.82, 2.24) is 0 Å². The van der Waals surface area contributed by atoms with Crippen molar-refractivity contribution in [2.75, 3.05) is 0 Å². The van der Waals surface area contributed by atoms with Gasteiger partial charge in [-0.05, 0) is 59.5 Å². The van der Waals surface area contributed by atoms with Gasteiger partial charge >= 0.3 is 0 Å². The molecule has 0 fully saturated rings. The van der Waals surface area contributed by atoms with Gasteiger partial charge in [-0.15, -0.1) is 0 Å². The molecule has 29 heavy (non-hydrogen) atoms. The first-order valence-electron chi connectivity index (χ1n) is 10.3. The van der Waals surface area contributed by atoms with Crippen LogP contribution in [0.2, 0.25) is 0 Å². The number of aryl methyl sites for hydroxylation is 2. The van der Waals surface area contributed by atoms with Crippen LogP contribution in [0.4, 0.5) is 4.39 Å². The van der Waals surface area contributed by atoms with Crippen LogP contribution in [0, 0.1) is 12.7 Å². The van der Waals surface area contributed by atoms with E-state index in [4.69, 9.17) is 0 Å². The highest BCUT2D eigenvalue weighted by Crippen LogP contribution is 2.34. The summed E-state index contributed by atoms with van der Waals surface area (Å²) in [4.78, 5) is 0. The molecule has 0 spiro atoms. The quantitative estimate of drug-likeness (QED) is 0.335. The van der Waals surface area contributed by atoms with Gasteiger partial charge in [0.1, 0.15) is 12.9 Å². The number of halogens is 1. The Morgan fingerprint density at radius 2 is 1.69 bits per heavy atom. The van der Waals surface area contributed by atoms with Gasteiger partial charge in [-0.25, -0.2) is 8.96 Å². The Kier molecular flexibility index (Phi) is 5.19. The number of rotatable bonds is 4. The Bertz CT molecular complexity index is 1180. The van der Waals surface area contributed by atoms with Crippen molar-refractivity contribution in [2.45, 2.75) is 33.1 Å². The molecule has 1 aromatic heterocycles. The predicted molar refractivity (Wildman–Crippen MR) is 119 cm³/mol. The Labute approximate surface area is 172 Å². The molecule has 146 valence electrons. The van der Waals surface area contributed by atoms with Crippen LogP contribution in [0.15, 0.2) is 72.9 Å². The van der Waals surface area contributed by atoms with Crippen LogP contribution in [0.1, 0.15) is 37.3 Å². The van der Waals surface area contributed by atoms with Crippen LogP contribution in [0.5, 0.6) is 0 Å². The molecule has 0 bridgehead atoms. The molecular weight excluding hydrogens is 357 g/mol. The third-order valence-corrected chi connectivity index (χ3v) is 6.00. The summed E-state index contributed by atoms with van der Waals surface area (Å²) in [7, 11) is 2.06. The molecule has 0 N–H and O–H groups in total. The average molecular weight is 385 g/mol. The minimum absolute atomic E-state index is 0.181. The SMILES string of the molecule is CCC(C)c1ccc2c(-c3cc(-c4ccccc4)c(F)cc3C)[n+](C)ccc2c1. The zero-order valence-electron chi connectivity index (χ0n) is 17.5. The summed E-state index contributed by atoms with van der Waals surface area (Å²) in [5, 5.41) is 2.41. The fraction of sp³-hybridized carbons (Fsp3) is 0.222. The second-order valence-electron chi connectivity index (χ2n) is 7.94. The largest absolute Gasteiger partial charge is 0.220 e. The number of hydrogen-bond donors (Lipinski definition) is 0. The Morgan fingerprint density at radius 3 is 2.41 bits per heavy atom. The molecule has 0 aliphatic rings. The van der Waals surface area contributed by atoms with E-state index in [1.165, 1.54) is 16.3 Å². The maximum atomic E-state index is 14.8. The summed E-state index contributed by atoms with van der Waals surface area (Å²) in [5.74, 6) is 0.355. The van der Waals surface area contributed by atoms with Crippen molar-refractivity contribution in [1.29, 1.82) is 0 Å². The monoisotopic (exact) mass is 384 g/mol. The molecule has 1 nitrogen and oxygen atoms in total. The molecule has 1 heterocycles. The van der Waals surface area contributed by atoms with Crippen molar-refractivity contribution in [3.63, 3.8) is 0 Å². The molecule has 0 saturated carbocycles. The highest BCUT2D eigenvalue weighted by molar-refractivity contribution is 5.94. The number of fused-ring (bicyclic) bond motifs is 1. The normalized spacial score (nSPS) is 12.3. The minimum Gasteiger partial charge on any atom is -0.206 e. The summed E-state index contributed by atoms with van der Waals surface area (Å²) in [6, 6.07) is 22.3. The minimum atomic E-state index is -0.181. The highest BCUT2D eigenvalue weighted by atomic mass is 19.1. The van der Waals surface area contributed by atoms with Crippen molar-refractivity contribution in [3.8, 4) is 22.4 Å². The molecule has 1 unspecified atom stereocenters. The van der Waals surface area contributed by atoms with E-state index in [1.807, 2.05) is 43.3 Å². The van der Waals surface area contributed by atoms with E-state index in [0.717, 1.165) is 28.8 Å². The first-order valence-corrected chi connectivity index (χ1v) is 10.3. The molecule has 1 atom stereocenters. The summed E-state index contributed by atoms with van der Waals surface area (Å²) in [6.45, 7) is 6.47. The number of aromatic nitrogens is 1. The van der Waals surface area contributed by atoms with E-state index in [-0.39, 0.29) is 5.82 Å². The van der Waals surface area contributed by atoms with Crippen LogP contribution < -0.4 is 4.57 Å². The third kappa shape index (κ3) is 3.55. The molecule has 0 aliphatic carbocycles. The van der Waals surface area contributed by atoms with E-state index >= 15 is 0 Å². The van der Waals surface area contributed by atoms with E-state index in [9.17, 15) is 4.39 Å². The maximum absolute atomic E-state index is 14.8. The molecule has 4 rings (SSSR count). The number of hydrogen-bond acceptors (Lipinski definition) is 0. The van der Waals surface area contributed by atoms with Crippen LogP contribution in [0.3, 0.4) is 0 Å². The number of benzene rings is 3. The topological polar surface area (TPSA) is 3.88 Å². The third-order valence-electron chi connectivity index (χ3n) is 6.00. The Morgan fingerprint density at radius 1 is 0.931 bits per heavy atom. The molecule has 0 radical (unpaired) electrons. The smallest absolute Gasteiger partial charge is 0.206 e. The lowest BCUT2D eigenvalue weighted by Crippen LogP contribution is -2.30. The molecule has 2 heteroatoms. The average Bonchev–Trinajstić information content (AvgIpc) is 2.74. The van der Waals surface area contributed by atoms with Crippen molar-refractivity contribution in [2.24, 2.45) is 7.05 Å². The first-order chi connectivity index (χ1) is 14.0. The molecule has 3 aromatic carbocycles. The standard InChI is InChI=1S/C27H27FN/c1-5-18(2)21-11-12-23-22(16-21)13-14-29(4)27(23)24-17-25(26(28)15-19(24)3)20-9-7-6-8-10-20/h6-18H,5H2,1-4H3/q+1. The molecule has 0 amide bonds. The summed E-state index contributed by atoms with van der Waals surface area (Å²) >= 11 is 0. The Balaban J connectivity index is 1.96. The second kappa shape index (κ2) is 7.79. The van der Waals surface area contributed by atoms with Gasteiger partial charge in [-0.2, -0.15) is 0 Å². The lowest BCUT2D eigenvalue weighted by Gasteiger charge is -2.13. The van der Waals surface area contributed by atoms with Gasteiger partial charge in [0.05, 0.1) is 10.9 Å². The lowest BCUT2D eigenvalue weighted by atomic mass is 9.92. The van der Waals surface area contributed by atoms with Gasteiger partial charge < -0.3 is 0 Å². The fourth-order valence-electron chi connectivity index (χ4n) is 4.04. The van der Waals surface area contributed by atoms with Crippen LogP contribution in [-0.2, 0) is 7.05 Å². The fourth-order valence-corrected chi connectivity index (χ4v) is 4.04. The molecular formula is C27H27FN+. The predicted octanol–water partition coefficient (Wildman–Crippen LogP) is 6.96. The van der Waals surface area contributed by atoms with Crippen molar-refractivity contribution >= 4 is 10.8 Å². The van der Waals surface area contributed by atoms with Crippen LogP contribution in [-0.4, -0.2) is 0 Å². The summed E-state index contributed by atoms with van der Waals surface area (Å²) in [5.41, 5.74) is 6.02.